The minimum atomic E-state index is -1.03. The first-order valence-corrected chi connectivity index (χ1v) is 7.93. The number of benzene rings is 1. The van der Waals surface area contributed by atoms with Crippen LogP contribution < -0.4 is 4.74 Å². The molecule has 0 aliphatic heterocycles. The Kier molecular flexibility index (Phi) is 6.35. The van der Waals surface area contributed by atoms with Gasteiger partial charge in [-0.2, -0.15) is 0 Å². The molecule has 0 atom stereocenters. The third kappa shape index (κ3) is 6.57. The van der Waals surface area contributed by atoms with Crippen molar-refractivity contribution in [3.8, 4) is 5.75 Å². The van der Waals surface area contributed by atoms with Crippen LogP contribution in [0.2, 0.25) is 0 Å². The second-order valence-corrected chi connectivity index (χ2v) is 7.41. The SMILES string of the molecule is CC=Cc1ccc(F)c(C(=O)OC(C)(C)C)c1OC(=O)OC(C)(C)C. The molecule has 0 aliphatic rings. The Bertz CT molecular complexity index is 678. The van der Waals surface area contributed by atoms with E-state index in [1.165, 1.54) is 6.07 Å². The molecule has 1 aromatic carbocycles. The lowest BCUT2D eigenvalue weighted by atomic mass is 10.1. The molecule has 0 heterocycles. The zero-order valence-electron chi connectivity index (χ0n) is 15.7. The van der Waals surface area contributed by atoms with Gasteiger partial charge in [-0.3, -0.25) is 0 Å². The van der Waals surface area contributed by atoms with Gasteiger partial charge in [0.15, 0.2) is 5.75 Å². The highest BCUT2D eigenvalue weighted by Crippen LogP contribution is 2.31. The van der Waals surface area contributed by atoms with E-state index in [0.29, 0.717) is 5.56 Å². The number of carbonyl (C=O) groups excluding carboxylic acids is 2. The summed E-state index contributed by atoms with van der Waals surface area (Å²) in [5.74, 6) is -2.00. The van der Waals surface area contributed by atoms with Crippen LogP contribution in [0.15, 0.2) is 18.2 Å². The molecule has 0 amide bonds. The Morgan fingerprint density at radius 1 is 1.00 bits per heavy atom. The predicted octanol–water partition coefficient (Wildman–Crippen LogP) is 5.13. The highest BCUT2D eigenvalue weighted by molar-refractivity contribution is 5.95. The van der Waals surface area contributed by atoms with E-state index in [2.05, 4.69) is 0 Å². The van der Waals surface area contributed by atoms with Gasteiger partial charge in [-0.1, -0.05) is 12.2 Å². The lowest BCUT2D eigenvalue weighted by Gasteiger charge is -2.22. The van der Waals surface area contributed by atoms with E-state index in [1.807, 2.05) is 0 Å². The fraction of sp³-hybridized carbons (Fsp3) is 0.474. The van der Waals surface area contributed by atoms with Crippen LogP contribution in [-0.2, 0) is 9.47 Å². The van der Waals surface area contributed by atoms with Gasteiger partial charge in [-0.15, -0.1) is 0 Å². The maximum atomic E-state index is 14.3. The lowest BCUT2D eigenvalue weighted by molar-refractivity contribution is 0.00556. The lowest BCUT2D eigenvalue weighted by Crippen LogP contribution is -2.28. The summed E-state index contributed by atoms with van der Waals surface area (Å²) in [7, 11) is 0. The molecule has 6 heteroatoms. The van der Waals surface area contributed by atoms with Gasteiger partial charge in [-0.25, -0.2) is 14.0 Å². The molecule has 5 nitrogen and oxygen atoms in total. The van der Waals surface area contributed by atoms with Crippen molar-refractivity contribution in [2.45, 2.75) is 59.7 Å². The molecule has 0 aliphatic carbocycles. The van der Waals surface area contributed by atoms with Crippen LogP contribution in [0.3, 0.4) is 0 Å². The number of esters is 1. The molecule has 0 N–H and O–H groups in total. The van der Waals surface area contributed by atoms with E-state index in [-0.39, 0.29) is 5.75 Å². The number of hydrogen-bond acceptors (Lipinski definition) is 5. The highest BCUT2D eigenvalue weighted by Gasteiger charge is 2.29. The van der Waals surface area contributed by atoms with E-state index in [4.69, 9.17) is 14.2 Å². The average Bonchev–Trinajstić information content (AvgIpc) is 2.37. The van der Waals surface area contributed by atoms with Crippen LogP contribution in [0.5, 0.6) is 5.75 Å². The van der Waals surface area contributed by atoms with E-state index >= 15 is 0 Å². The minimum absolute atomic E-state index is 0.235. The van der Waals surface area contributed by atoms with Gasteiger partial charge in [0.05, 0.1) is 0 Å². The van der Waals surface area contributed by atoms with Gasteiger partial charge in [0, 0.05) is 5.56 Å². The van der Waals surface area contributed by atoms with Crippen LogP contribution in [-0.4, -0.2) is 23.3 Å². The first-order chi connectivity index (χ1) is 11.3. The molecule has 1 rings (SSSR count). The fourth-order valence-corrected chi connectivity index (χ4v) is 1.87. The summed E-state index contributed by atoms with van der Waals surface area (Å²) in [6.45, 7) is 11.7. The Hall–Kier alpha value is -2.37. The Labute approximate surface area is 147 Å². The highest BCUT2D eigenvalue weighted by atomic mass is 19.1. The molecule has 1 aromatic rings. The summed E-state index contributed by atoms with van der Waals surface area (Å²) in [6, 6.07) is 2.53. The van der Waals surface area contributed by atoms with Crippen LogP contribution in [0, 0.1) is 5.82 Å². The quantitative estimate of drug-likeness (QED) is 0.557. The predicted molar refractivity (Wildman–Crippen MR) is 93.1 cm³/mol. The number of ether oxygens (including phenoxy) is 3. The van der Waals surface area contributed by atoms with E-state index < -0.39 is 34.7 Å². The van der Waals surface area contributed by atoms with Crippen molar-refractivity contribution < 1.29 is 28.2 Å². The average molecular weight is 352 g/mol. The van der Waals surface area contributed by atoms with Crippen molar-refractivity contribution in [1.29, 1.82) is 0 Å². The smallest absolute Gasteiger partial charge is 0.456 e. The van der Waals surface area contributed by atoms with Gasteiger partial charge in [0.2, 0.25) is 0 Å². The standard InChI is InChI=1S/C19H25FO5/c1-8-9-12-10-11-13(20)14(16(21)24-18(2,3)4)15(12)23-17(22)25-19(5,6)7/h8-11H,1-7H3. The molecule has 0 fully saturated rings. The van der Waals surface area contributed by atoms with Crippen molar-refractivity contribution >= 4 is 18.2 Å². The summed E-state index contributed by atoms with van der Waals surface area (Å²) < 4.78 is 29.8. The monoisotopic (exact) mass is 352 g/mol. The fourth-order valence-electron chi connectivity index (χ4n) is 1.87. The van der Waals surface area contributed by atoms with Crippen molar-refractivity contribution in [1.82, 2.24) is 0 Å². The summed E-state index contributed by atoms with van der Waals surface area (Å²) in [6.07, 6.45) is 2.23. The molecule has 25 heavy (non-hydrogen) atoms. The van der Waals surface area contributed by atoms with Gasteiger partial charge in [0.25, 0.3) is 0 Å². The van der Waals surface area contributed by atoms with E-state index in [1.54, 1.807) is 60.6 Å². The van der Waals surface area contributed by atoms with Crippen LogP contribution in [0.25, 0.3) is 6.08 Å². The van der Waals surface area contributed by atoms with Gasteiger partial charge < -0.3 is 14.2 Å². The van der Waals surface area contributed by atoms with Crippen LogP contribution >= 0.6 is 0 Å². The Balaban J connectivity index is 3.37. The number of allylic oxidation sites excluding steroid dienone is 1. The Morgan fingerprint density at radius 2 is 1.56 bits per heavy atom. The van der Waals surface area contributed by atoms with Gasteiger partial charge in [-0.05, 0) is 60.6 Å². The topological polar surface area (TPSA) is 61.8 Å². The molecule has 0 bridgehead atoms. The second-order valence-electron chi connectivity index (χ2n) is 7.41. The molecular weight excluding hydrogens is 327 g/mol. The first kappa shape index (κ1) is 20.7. The molecule has 138 valence electrons. The summed E-state index contributed by atoms with van der Waals surface area (Å²) >= 11 is 0. The number of rotatable bonds is 3. The van der Waals surface area contributed by atoms with Crippen molar-refractivity contribution in [2.24, 2.45) is 0 Å². The molecular formula is C19H25FO5. The molecule has 0 saturated carbocycles. The van der Waals surface area contributed by atoms with Crippen molar-refractivity contribution in [3.63, 3.8) is 0 Å². The van der Waals surface area contributed by atoms with Crippen LogP contribution in [0.1, 0.15) is 64.4 Å². The van der Waals surface area contributed by atoms with Gasteiger partial charge in [0.1, 0.15) is 22.6 Å². The molecule has 0 unspecified atom stereocenters. The second kappa shape index (κ2) is 7.68. The number of halogens is 1. The van der Waals surface area contributed by atoms with Crippen LogP contribution in [0.4, 0.5) is 9.18 Å². The Morgan fingerprint density at radius 3 is 2.04 bits per heavy atom. The molecule has 0 aromatic heterocycles. The zero-order valence-corrected chi connectivity index (χ0v) is 15.7. The first-order valence-electron chi connectivity index (χ1n) is 7.93. The molecule has 0 saturated heterocycles. The molecule has 0 spiro atoms. The zero-order chi connectivity index (χ0) is 19.4. The largest absolute Gasteiger partial charge is 0.514 e. The third-order valence-electron chi connectivity index (χ3n) is 2.66. The summed E-state index contributed by atoms with van der Waals surface area (Å²) in [5.41, 5.74) is -1.72. The summed E-state index contributed by atoms with van der Waals surface area (Å²) in [5, 5.41) is 0. The number of carbonyl (C=O) groups is 2. The van der Waals surface area contributed by atoms with E-state index in [0.717, 1.165) is 6.07 Å². The minimum Gasteiger partial charge on any atom is -0.456 e. The third-order valence-corrected chi connectivity index (χ3v) is 2.66. The summed E-state index contributed by atoms with van der Waals surface area (Å²) in [4.78, 5) is 24.4. The number of hydrogen-bond donors (Lipinski definition) is 0. The van der Waals surface area contributed by atoms with Crippen molar-refractivity contribution in [3.05, 3.63) is 35.2 Å². The maximum Gasteiger partial charge on any atom is 0.514 e. The normalized spacial score (nSPS) is 12.2. The van der Waals surface area contributed by atoms with Crippen molar-refractivity contribution in [2.75, 3.05) is 0 Å². The molecule has 0 radical (unpaired) electrons. The van der Waals surface area contributed by atoms with Gasteiger partial charge >= 0.3 is 12.1 Å². The maximum absolute atomic E-state index is 14.3. The van der Waals surface area contributed by atoms with E-state index in [9.17, 15) is 14.0 Å².